The SMILES string of the molecule is N=C(N)c1ccc(N2C3CCC2CC(O)C3)cc1. The van der Waals surface area contributed by atoms with Gasteiger partial charge in [0.05, 0.1) is 6.10 Å². The Hall–Kier alpha value is -1.55. The molecule has 1 aromatic rings. The van der Waals surface area contributed by atoms with Gasteiger partial charge < -0.3 is 15.7 Å². The van der Waals surface area contributed by atoms with Crippen LogP contribution >= 0.6 is 0 Å². The van der Waals surface area contributed by atoms with Crippen molar-refractivity contribution in [1.82, 2.24) is 0 Å². The van der Waals surface area contributed by atoms with Crippen molar-refractivity contribution in [2.24, 2.45) is 5.73 Å². The van der Waals surface area contributed by atoms with E-state index < -0.39 is 0 Å². The number of nitrogens with zero attached hydrogens (tertiary/aromatic N) is 1. The van der Waals surface area contributed by atoms with E-state index in [1.807, 2.05) is 24.3 Å². The predicted molar refractivity (Wildman–Crippen MR) is 72.0 cm³/mol. The Morgan fingerprint density at radius 3 is 2.22 bits per heavy atom. The Labute approximate surface area is 107 Å². The van der Waals surface area contributed by atoms with Crippen LogP contribution < -0.4 is 10.6 Å². The van der Waals surface area contributed by atoms with Gasteiger partial charge in [0.2, 0.25) is 0 Å². The molecule has 2 fully saturated rings. The summed E-state index contributed by atoms with van der Waals surface area (Å²) in [6, 6.07) is 8.84. The topological polar surface area (TPSA) is 73.3 Å². The number of rotatable bonds is 2. The number of fused-ring (bicyclic) bond motifs is 2. The van der Waals surface area contributed by atoms with Gasteiger partial charge in [-0.3, -0.25) is 5.41 Å². The fourth-order valence-corrected chi connectivity index (χ4v) is 3.38. The van der Waals surface area contributed by atoms with Crippen molar-refractivity contribution >= 4 is 11.5 Å². The molecule has 4 nitrogen and oxygen atoms in total. The van der Waals surface area contributed by atoms with Crippen LogP contribution in [-0.2, 0) is 0 Å². The molecule has 2 unspecified atom stereocenters. The molecule has 0 radical (unpaired) electrons. The number of hydrogen-bond acceptors (Lipinski definition) is 3. The van der Waals surface area contributed by atoms with Gasteiger partial charge >= 0.3 is 0 Å². The van der Waals surface area contributed by atoms with Crippen LogP contribution in [0, 0.1) is 5.41 Å². The number of hydrogen-bond donors (Lipinski definition) is 3. The Kier molecular flexibility index (Phi) is 2.74. The summed E-state index contributed by atoms with van der Waals surface area (Å²) in [6.07, 6.45) is 3.98. The van der Waals surface area contributed by atoms with E-state index in [-0.39, 0.29) is 11.9 Å². The number of amidine groups is 1. The van der Waals surface area contributed by atoms with E-state index in [4.69, 9.17) is 11.1 Å². The molecular formula is C14H19N3O. The molecule has 2 bridgehead atoms. The van der Waals surface area contributed by atoms with Crippen molar-refractivity contribution in [2.75, 3.05) is 4.90 Å². The highest BCUT2D eigenvalue weighted by Gasteiger charge is 2.40. The van der Waals surface area contributed by atoms with Gasteiger partial charge in [0.15, 0.2) is 0 Å². The molecule has 4 heteroatoms. The van der Waals surface area contributed by atoms with Crippen LogP contribution in [0.1, 0.15) is 31.2 Å². The Balaban J connectivity index is 1.85. The molecule has 2 saturated heterocycles. The van der Waals surface area contributed by atoms with E-state index >= 15 is 0 Å². The average molecular weight is 245 g/mol. The second-order valence-corrected chi connectivity index (χ2v) is 5.38. The molecule has 2 aliphatic heterocycles. The lowest BCUT2D eigenvalue weighted by atomic mass is 9.99. The highest BCUT2D eigenvalue weighted by atomic mass is 16.3. The number of benzene rings is 1. The molecule has 0 aromatic heterocycles. The first-order chi connectivity index (χ1) is 8.65. The second-order valence-electron chi connectivity index (χ2n) is 5.38. The third-order valence-corrected chi connectivity index (χ3v) is 4.18. The maximum absolute atomic E-state index is 9.80. The molecule has 4 N–H and O–H groups in total. The monoisotopic (exact) mass is 245 g/mol. The van der Waals surface area contributed by atoms with E-state index in [1.54, 1.807) is 0 Å². The van der Waals surface area contributed by atoms with Gasteiger partial charge in [-0.15, -0.1) is 0 Å². The maximum atomic E-state index is 9.80. The first kappa shape index (κ1) is 11.5. The number of nitrogens with one attached hydrogen (secondary N) is 1. The molecule has 0 aliphatic carbocycles. The molecule has 3 rings (SSSR count). The lowest BCUT2D eigenvalue weighted by Gasteiger charge is -2.39. The number of piperidine rings is 1. The molecule has 0 saturated carbocycles. The Morgan fingerprint density at radius 2 is 1.72 bits per heavy atom. The van der Waals surface area contributed by atoms with Gasteiger partial charge in [-0.05, 0) is 49.9 Å². The first-order valence-electron chi connectivity index (χ1n) is 6.56. The minimum absolute atomic E-state index is 0.110. The summed E-state index contributed by atoms with van der Waals surface area (Å²) in [4.78, 5) is 2.44. The van der Waals surface area contributed by atoms with Crippen LogP contribution in [0.2, 0.25) is 0 Å². The van der Waals surface area contributed by atoms with E-state index in [1.165, 1.54) is 18.5 Å². The minimum Gasteiger partial charge on any atom is -0.393 e. The molecule has 2 heterocycles. The molecule has 2 atom stereocenters. The van der Waals surface area contributed by atoms with Gasteiger partial charge in [0.25, 0.3) is 0 Å². The third-order valence-electron chi connectivity index (χ3n) is 4.18. The third kappa shape index (κ3) is 1.86. The minimum atomic E-state index is -0.129. The van der Waals surface area contributed by atoms with E-state index in [0.29, 0.717) is 12.1 Å². The molecule has 96 valence electrons. The number of anilines is 1. The quantitative estimate of drug-likeness (QED) is 0.545. The number of nitrogen functional groups attached to an aromatic ring is 1. The average Bonchev–Trinajstić information content (AvgIpc) is 2.62. The van der Waals surface area contributed by atoms with Crippen molar-refractivity contribution in [2.45, 2.75) is 43.9 Å². The predicted octanol–water partition coefficient (Wildman–Crippen LogP) is 1.46. The molecule has 0 amide bonds. The molecule has 18 heavy (non-hydrogen) atoms. The molecule has 2 aliphatic rings. The largest absolute Gasteiger partial charge is 0.393 e. The van der Waals surface area contributed by atoms with Crippen LogP contribution in [0.4, 0.5) is 5.69 Å². The number of aliphatic hydroxyl groups excluding tert-OH is 1. The highest BCUT2D eigenvalue weighted by molar-refractivity contribution is 5.95. The van der Waals surface area contributed by atoms with Crippen LogP contribution in [0.3, 0.4) is 0 Å². The Bertz CT molecular complexity index is 443. The first-order valence-corrected chi connectivity index (χ1v) is 6.56. The molecule has 0 spiro atoms. The van der Waals surface area contributed by atoms with Crippen molar-refractivity contribution in [3.63, 3.8) is 0 Å². The number of nitrogens with two attached hydrogens (primary N) is 1. The zero-order valence-electron chi connectivity index (χ0n) is 10.3. The summed E-state index contributed by atoms with van der Waals surface area (Å²) in [6.45, 7) is 0. The van der Waals surface area contributed by atoms with Crippen LogP contribution in [0.5, 0.6) is 0 Å². The smallest absolute Gasteiger partial charge is 0.122 e. The van der Waals surface area contributed by atoms with Crippen molar-refractivity contribution in [1.29, 1.82) is 5.41 Å². The summed E-state index contributed by atoms with van der Waals surface area (Å²) in [5, 5.41) is 17.2. The van der Waals surface area contributed by atoms with Gasteiger partial charge in [-0.2, -0.15) is 0 Å². The van der Waals surface area contributed by atoms with Crippen LogP contribution in [0.25, 0.3) is 0 Å². The van der Waals surface area contributed by atoms with Gasteiger partial charge in [0, 0.05) is 23.3 Å². The van der Waals surface area contributed by atoms with Crippen LogP contribution in [-0.4, -0.2) is 29.1 Å². The van der Waals surface area contributed by atoms with Crippen molar-refractivity contribution in [3.8, 4) is 0 Å². The summed E-state index contributed by atoms with van der Waals surface area (Å²) in [5.74, 6) is 0.110. The van der Waals surface area contributed by atoms with E-state index in [9.17, 15) is 5.11 Å². The lowest BCUT2D eigenvalue weighted by molar-refractivity contribution is 0.126. The fourth-order valence-electron chi connectivity index (χ4n) is 3.38. The van der Waals surface area contributed by atoms with Gasteiger partial charge in [0.1, 0.15) is 5.84 Å². The van der Waals surface area contributed by atoms with Crippen LogP contribution in [0.15, 0.2) is 24.3 Å². The molecule has 1 aromatic carbocycles. The standard InChI is InChI=1S/C14H19N3O/c15-14(16)9-1-3-10(4-2-9)17-11-5-6-12(17)8-13(18)7-11/h1-4,11-13,18H,5-8H2,(H3,15,16). The summed E-state index contributed by atoms with van der Waals surface area (Å²) in [5.41, 5.74) is 7.42. The zero-order valence-corrected chi connectivity index (χ0v) is 10.3. The second kappa shape index (κ2) is 4.28. The summed E-state index contributed by atoms with van der Waals surface area (Å²) >= 11 is 0. The highest BCUT2D eigenvalue weighted by Crippen LogP contribution is 2.39. The lowest BCUT2D eigenvalue weighted by Crippen LogP contribution is -2.44. The van der Waals surface area contributed by atoms with Gasteiger partial charge in [-0.1, -0.05) is 0 Å². The Morgan fingerprint density at radius 1 is 1.17 bits per heavy atom. The van der Waals surface area contributed by atoms with Crippen molar-refractivity contribution < 1.29 is 5.11 Å². The van der Waals surface area contributed by atoms with E-state index in [2.05, 4.69) is 4.90 Å². The van der Waals surface area contributed by atoms with E-state index in [0.717, 1.165) is 18.4 Å². The number of aliphatic hydroxyl groups is 1. The zero-order chi connectivity index (χ0) is 12.7. The fraction of sp³-hybridized carbons (Fsp3) is 0.500. The molecular weight excluding hydrogens is 226 g/mol. The van der Waals surface area contributed by atoms with Gasteiger partial charge in [-0.25, -0.2) is 0 Å². The maximum Gasteiger partial charge on any atom is 0.122 e. The summed E-state index contributed by atoms with van der Waals surface area (Å²) < 4.78 is 0. The van der Waals surface area contributed by atoms with Crippen molar-refractivity contribution in [3.05, 3.63) is 29.8 Å². The summed E-state index contributed by atoms with van der Waals surface area (Å²) in [7, 11) is 0. The normalized spacial score (nSPS) is 30.5.